The van der Waals surface area contributed by atoms with Crippen LogP contribution in [0.25, 0.3) is 0 Å². The Kier molecular flexibility index (Phi) is 8.20. The number of likely N-dealkylation sites (tertiary alicyclic amines) is 1. The molecule has 1 saturated heterocycles. The summed E-state index contributed by atoms with van der Waals surface area (Å²) in [6.45, 7) is 4.92. The molecule has 0 aliphatic carbocycles. The molecule has 0 radical (unpaired) electrons. The molecular weight excluding hydrogens is 430 g/mol. The molecular formula is C18H31N5O5S2. The van der Waals surface area contributed by atoms with Crippen LogP contribution >= 0.6 is 11.3 Å². The Hall–Kier alpha value is -1.76. The van der Waals surface area contributed by atoms with Gasteiger partial charge in [-0.05, 0) is 32.6 Å². The summed E-state index contributed by atoms with van der Waals surface area (Å²) >= 11 is 1.14. The van der Waals surface area contributed by atoms with Gasteiger partial charge in [-0.1, -0.05) is 11.3 Å². The van der Waals surface area contributed by atoms with Gasteiger partial charge in [-0.2, -0.15) is 17.4 Å². The Bertz CT molecular complexity index is 937. The van der Waals surface area contributed by atoms with Gasteiger partial charge in [0.05, 0.1) is 6.54 Å². The van der Waals surface area contributed by atoms with Crippen LogP contribution in [0, 0.1) is 19.8 Å². The van der Waals surface area contributed by atoms with E-state index >= 15 is 0 Å². The van der Waals surface area contributed by atoms with Crippen LogP contribution in [0.3, 0.4) is 0 Å². The van der Waals surface area contributed by atoms with Crippen molar-refractivity contribution in [1.29, 1.82) is 0 Å². The first kappa shape index (κ1) is 24.5. The van der Waals surface area contributed by atoms with Gasteiger partial charge in [-0.15, -0.1) is 0 Å². The molecule has 12 heteroatoms. The number of piperidine rings is 1. The predicted octanol–water partition coefficient (Wildman–Crippen LogP) is -0.380. The van der Waals surface area contributed by atoms with Gasteiger partial charge in [0.1, 0.15) is 6.54 Å². The zero-order chi connectivity index (χ0) is 22.6. The van der Waals surface area contributed by atoms with E-state index in [1.54, 1.807) is 16.8 Å². The maximum atomic E-state index is 12.6. The molecule has 1 aliphatic heterocycles. The zero-order valence-corrected chi connectivity index (χ0v) is 19.8. The molecule has 10 nitrogen and oxygen atoms in total. The van der Waals surface area contributed by atoms with Gasteiger partial charge in [-0.3, -0.25) is 19.0 Å². The SMILES string of the molecule is Cc1sc(=O)n(CC(=O)N(C)CC2CCCN(C(=O)CNS(=O)(=O)N(C)C)C2)c1C. The smallest absolute Gasteiger partial charge is 0.308 e. The van der Waals surface area contributed by atoms with Crippen molar-refractivity contribution in [2.24, 2.45) is 5.92 Å². The number of hydrogen-bond donors (Lipinski definition) is 1. The number of likely N-dealkylation sites (N-methyl/N-ethyl adjacent to an activating group) is 1. The molecule has 1 fully saturated rings. The molecule has 2 rings (SSSR count). The first-order valence-corrected chi connectivity index (χ1v) is 12.0. The number of nitrogens with zero attached hydrogens (tertiary/aromatic N) is 4. The fourth-order valence-electron chi connectivity index (χ4n) is 3.35. The number of nitrogens with one attached hydrogen (secondary N) is 1. The molecule has 0 saturated carbocycles. The van der Waals surface area contributed by atoms with Gasteiger partial charge in [0, 0.05) is 51.3 Å². The highest BCUT2D eigenvalue weighted by molar-refractivity contribution is 7.87. The number of carbonyl (C=O) groups is 2. The van der Waals surface area contributed by atoms with Crippen molar-refractivity contribution in [3.05, 3.63) is 20.2 Å². The second-order valence-electron chi connectivity index (χ2n) is 7.83. The van der Waals surface area contributed by atoms with Crippen LogP contribution in [0.15, 0.2) is 4.79 Å². The Labute approximate surface area is 181 Å². The van der Waals surface area contributed by atoms with E-state index in [4.69, 9.17) is 0 Å². The third-order valence-electron chi connectivity index (χ3n) is 5.38. The highest BCUT2D eigenvalue weighted by Crippen LogP contribution is 2.18. The molecule has 1 atom stereocenters. The van der Waals surface area contributed by atoms with Crippen molar-refractivity contribution in [1.82, 2.24) is 23.4 Å². The highest BCUT2D eigenvalue weighted by Gasteiger charge is 2.27. The lowest BCUT2D eigenvalue weighted by Gasteiger charge is -2.35. The molecule has 0 bridgehead atoms. The lowest BCUT2D eigenvalue weighted by atomic mass is 9.97. The minimum Gasteiger partial charge on any atom is -0.344 e. The molecule has 0 aromatic carbocycles. The minimum atomic E-state index is -3.65. The third kappa shape index (κ3) is 6.13. The van der Waals surface area contributed by atoms with Crippen LogP contribution in [0.4, 0.5) is 0 Å². The van der Waals surface area contributed by atoms with Gasteiger partial charge in [0.25, 0.3) is 10.2 Å². The fraction of sp³-hybridized carbons (Fsp3) is 0.722. The summed E-state index contributed by atoms with van der Waals surface area (Å²) in [6, 6.07) is 0. The first-order chi connectivity index (χ1) is 13.9. The Morgan fingerprint density at radius 1 is 1.23 bits per heavy atom. The average Bonchev–Trinajstić information content (AvgIpc) is 2.92. The zero-order valence-electron chi connectivity index (χ0n) is 18.2. The van der Waals surface area contributed by atoms with Crippen LogP contribution in [-0.4, -0.2) is 86.2 Å². The molecule has 30 heavy (non-hydrogen) atoms. The van der Waals surface area contributed by atoms with Gasteiger partial charge < -0.3 is 9.80 Å². The number of rotatable bonds is 8. The molecule has 0 spiro atoms. The van der Waals surface area contributed by atoms with E-state index in [-0.39, 0.29) is 35.7 Å². The van der Waals surface area contributed by atoms with Crippen molar-refractivity contribution >= 4 is 33.4 Å². The van der Waals surface area contributed by atoms with E-state index in [1.165, 1.54) is 18.7 Å². The maximum Gasteiger partial charge on any atom is 0.308 e. The monoisotopic (exact) mass is 461 g/mol. The summed E-state index contributed by atoms with van der Waals surface area (Å²) < 4.78 is 28.3. The number of aromatic nitrogens is 1. The Morgan fingerprint density at radius 2 is 1.90 bits per heavy atom. The molecule has 1 aromatic rings. The van der Waals surface area contributed by atoms with Gasteiger partial charge in [0.2, 0.25) is 11.8 Å². The average molecular weight is 462 g/mol. The summed E-state index contributed by atoms with van der Waals surface area (Å²) in [6.07, 6.45) is 1.67. The van der Waals surface area contributed by atoms with Crippen LogP contribution < -0.4 is 9.60 Å². The largest absolute Gasteiger partial charge is 0.344 e. The van der Waals surface area contributed by atoms with E-state index in [0.717, 1.165) is 39.1 Å². The summed E-state index contributed by atoms with van der Waals surface area (Å²) in [7, 11) is 0.832. The molecule has 1 aliphatic rings. The van der Waals surface area contributed by atoms with Crippen LogP contribution in [0.1, 0.15) is 23.4 Å². The highest BCUT2D eigenvalue weighted by atomic mass is 32.2. The standard InChI is InChI=1S/C18H31N5O5S2/c1-13-14(2)29-18(26)23(13)12-17(25)21(5)10-15-7-6-8-22(11-15)16(24)9-19-30(27,28)20(3)4/h15,19H,6-12H2,1-5H3. The maximum absolute atomic E-state index is 12.6. The number of amides is 2. The lowest BCUT2D eigenvalue weighted by Crippen LogP contribution is -2.48. The normalized spacial score (nSPS) is 17.4. The molecule has 2 amide bonds. The lowest BCUT2D eigenvalue weighted by molar-refractivity contribution is -0.133. The third-order valence-corrected chi connectivity index (χ3v) is 7.85. The summed E-state index contributed by atoms with van der Waals surface area (Å²) in [5, 5.41) is 0. The van der Waals surface area contributed by atoms with Gasteiger partial charge in [0.15, 0.2) is 0 Å². The molecule has 1 aromatic heterocycles. The number of thiazole rings is 1. The van der Waals surface area contributed by atoms with Crippen molar-refractivity contribution in [3.63, 3.8) is 0 Å². The summed E-state index contributed by atoms with van der Waals surface area (Å²) in [5.74, 6) is -0.334. The second kappa shape index (κ2) is 10.0. The predicted molar refractivity (Wildman–Crippen MR) is 116 cm³/mol. The van der Waals surface area contributed by atoms with Crippen molar-refractivity contribution in [2.45, 2.75) is 33.2 Å². The summed E-state index contributed by atoms with van der Waals surface area (Å²) in [4.78, 5) is 41.0. The molecule has 1 unspecified atom stereocenters. The van der Waals surface area contributed by atoms with Crippen molar-refractivity contribution < 1.29 is 18.0 Å². The van der Waals surface area contributed by atoms with E-state index in [2.05, 4.69) is 4.72 Å². The first-order valence-electron chi connectivity index (χ1n) is 9.78. The quantitative estimate of drug-likeness (QED) is 0.567. The summed E-state index contributed by atoms with van der Waals surface area (Å²) in [5.41, 5.74) is 0.807. The number of carbonyl (C=O) groups excluding carboxylic acids is 2. The van der Waals surface area contributed by atoms with E-state index in [9.17, 15) is 22.8 Å². The number of aryl methyl sites for hydroxylation is 1. The van der Waals surface area contributed by atoms with Crippen LogP contribution in [-0.2, 0) is 26.3 Å². The van der Waals surface area contributed by atoms with E-state index in [1.807, 2.05) is 13.8 Å². The van der Waals surface area contributed by atoms with Crippen molar-refractivity contribution in [3.8, 4) is 0 Å². The Balaban J connectivity index is 1.90. The van der Waals surface area contributed by atoms with Crippen molar-refractivity contribution in [2.75, 3.05) is 47.3 Å². The van der Waals surface area contributed by atoms with Crippen LogP contribution in [0.5, 0.6) is 0 Å². The van der Waals surface area contributed by atoms with Gasteiger partial charge in [-0.25, -0.2) is 0 Å². The minimum absolute atomic E-state index is 0.00713. The molecule has 2 heterocycles. The molecule has 1 N–H and O–H groups in total. The second-order valence-corrected chi connectivity index (χ2v) is 11.0. The number of hydrogen-bond acceptors (Lipinski definition) is 6. The van der Waals surface area contributed by atoms with E-state index in [0.29, 0.717) is 19.6 Å². The van der Waals surface area contributed by atoms with Crippen LogP contribution in [0.2, 0.25) is 0 Å². The topological polar surface area (TPSA) is 112 Å². The Morgan fingerprint density at radius 3 is 2.47 bits per heavy atom. The van der Waals surface area contributed by atoms with Gasteiger partial charge >= 0.3 is 4.87 Å². The van der Waals surface area contributed by atoms with E-state index < -0.39 is 10.2 Å². The fourth-order valence-corrected chi connectivity index (χ4v) is 4.75. The molecule has 170 valence electrons.